The first-order chi connectivity index (χ1) is 9.27. The van der Waals surface area contributed by atoms with Gasteiger partial charge < -0.3 is 9.47 Å². The maximum Gasteiger partial charge on any atom is 0.333 e. The third-order valence-corrected chi connectivity index (χ3v) is 2.47. The van der Waals surface area contributed by atoms with Crippen molar-refractivity contribution in [2.24, 2.45) is 11.8 Å². The summed E-state index contributed by atoms with van der Waals surface area (Å²) in [5.41, 5.74) is 0.820. The van der Waals surface area contributed by atoms with Gasteiger partial charge in [0.05, 0.1) is 0 Å². The number of ether oxygens (including phenoxy) is 2. The van der Waals surface area contributed by atoms with Gasteiger partial charge in [-0.1, -0.05) is 40.9 Å². The van der Waals surface area contributed by atoms with Crippen LogP contribution >= 0.6 is 0 Å². The highest BCUT2D eigenvalue weighted by molar-refractivity contribution is 5.88. The molecule has 0 saturated heterocycles. The first-order valence-corrected chi connectivity index (χ1v) is 6.49. The van der Waals surface area contributed by atoms with Crippen molar-refractivity contribution < 1.29 is 19.1 Å². The molecular formula is C16H26O4. The smallest absolute Gasteiger partial charge is 0.333 e. The van der Waals surface area contributed by atoms with E-state index in [1.165, 1.54) is 0 Å². The molecule has 20 heavy (non-hydrogen) atoms. The quantitative estimate of drug-likeness (QED) is 0.311. The minimum Gasteiger partial charge on any atom is -0.459 e. The summed E-state index contributed by atoms with van der Waals surface area (Å²) in [6.45, 7) is 20.7. The lowest BCUT2D eigenvalue weighted by Crippen LogP contribution is -2.18. The van der Waals surface area contributed by atoms with E-state index in [0.29, 0.717) is 11.1 Å². The van der Waals surface area contributed by atoms with Crippen molar-refractivity contribution in [1.29, 1.82) is 0 Å². The topological polar surface area (TPSA) is 52.6 Å². The third-order valence-electron chi connectivity index (χ3n) is 2.47. The van der Waals surface area contributed by atoms with Crippen LogP contribution in [0.4, 0.5) is 0 Å². The van der Waals surface area contributed by atoms with Crippen LogP contribution in [0.1, 0.15) is 27.7 Å². The number of rotatable bonds is 7. The zero-order chi connectivity index (χ0) is 16.3. The molecule has 0 spiro atoms. The Hall–Kier alpha value is -1.84. The molecule has 4 heteroatoms. The van der Waals surface area contributed by atoms with Gasteiger partial charge in [0.1, 0.15) is 13.2 Å². The molecule has 0 aliphatic rings. The fourth-order valence-electron chi connectivity index (χ4n) is 0.926. The molecule has 0 saturated carbocycles. The molecule has 4 nitrogen and oxygen atoms in total. The summed E-state index contributed by atoms with van der Waals surface area (Å²) in [5.74, 6) is -0.825. The van der Waals surface area contributed by atoms with Crippen molar-refractivity contribution >= 4 is 11.9 Å². The lowest BCUT2D eigenvalue weighted by Gasteiger charge is -2.11. The zero-order valence-electron chi connectivity index (χ0n) is 13.0. The van der Waals surface area contributed by atoms with Crippen LogP contribution in [0.2, 0.25) is 0 Å². The summed E-state index contributed by atoms with van der Waals surface area (Å²) in [6, 6.07) is 0. The van der Waals surface area contributed by atoms with E-state index in [1.807, 2.05) is 27.7 Å². The maximum absolute atomic E-state index is 11.4. The minimum absolute atomic E-state index is 0.0295. The zero-order valence-corrected chi connectivity index (χ0v) is 13.0. The van der Waals surface area contributed by atoms with E-state index in [4.69, 9.17) is 9.47 Å². The average Bonchev–Trinajstić information content (AvgIpc) is 2.43. The summed E-state index contributed by atoms with van der Waals surface area (Å²) < 4.78 is 9.82. The fraction of sp³-hybridized carbons (Fsp3) is 0.500. The molecule has 0 bridgehead atoms. The van der Waals surface area contributed by atoms with E-state index in [2.05, 4.69) is 26.3 Å². The van der Waals surface area contributed by atoms with Crippen LogP contribution in [-0.2, 0) is 19.1 Å². The van der Waals surface area contributed by atoms with Gasteiger partial charge in [0.2, 0.25) is 0 Å². The van der Waals surface area contributed by atoms with Gasteiger partial charge in [-0.2, -0.15) is 0 Å². The molecule has 0 amide bonds. The maximum atomic E-state index is 11.4. The summed E-state index contributed by atoms with van der Waals surface area (Å²) >= 11 is 0. The molecule has 0 unspecified atom stereocenters. The van der Waals surface area contributed by atoms with E-state index in [0.717, 1.165) is 0 Å². The van der Waals surface area contributed by atoms with Crippen LogP contribution in [0.15, 0.2) is 37.5 Å². The Morgan fingerprint density at radius 2 is 1.05 bits per heavy atom. The fourth-order valence-corrected chi connectivity index (χ4v) is 0.926. The molecule has 0 radical (unpaired) electrons. The predicted molar refractivity (Wildman–Crippen MR) is 81.1 cm³/mol. The monoisotopic (exact) mass is 282 g/mol. The Morgan fingerprint density at radius 1 is 0.800 bits per heavy atom. The molecule has 0 aliphatic heterocycles. The second kappa shape index (κ2) is 11.0. The molecule has 0 aromatic rings. The molecule has 0 heterocycles. The highest BCUT2D eigenvalue weighted by Crippen LogP contribution is 2.09. The van der Waals surface area contributed by atoms with Crippen LogP contribution in [0.25, 0.3) is 0 Å². The number of carbonyl (C=O) groups is 2. The summed E-state index contributed by atoms with van der Waals surface area (Å²) in [5, 5.41) is 0. The Morgan fingerprint density at radius 3 is 1.25 bits per heavy atom. The lowest BCUT2D eigenvalue weighted by atomic mass is 10.1. The molecule has 0 aromatic heterocycles. The average molecular weight is 282 g/mol. The highest BCUT2D eigenvalue weighted by Gasteiger charge is 2.14. The van der Waals surface area contributed by atoms with Gasteiger partial charge in [-0.3, -0.25) is 0 Å². The molecule has 0 fully saturated rings. The summed E-state index contributed by atoms with van der Waals surface area (Å²) in [4.78, 5) is 22.8. The molecule has 0 aromatic carbocycles. The van der Waals surface area contributed by atoms with E-state index >= 15 is 0 Å². The number of esters is 2. The van der Waals surface area contributed by atoms with E-state index in [-0.39, 0.29) is 25.0 Å². The number of hydrogen-bond acceptors (Lipinski definition) is 4. The largest absolute Gasteiger partial charge is 0.459 e. The van der Waals surface area contributed by atoms with Gasteiger partial charge >= 0.3 is 11.9 Å². The molecule has 114 valence electrons. The lowest BCUT2D eigenvalue weighted by molar-refractivity contribution is -0.147. The Bertz CT molecular complexity index is 319. The van der Waals surface area contributed by atoms with Crippen molar-refractivity contribution in [2.75, 3.05) is 13.2 Å². The molecule has 0 N–H and O–H groups in total. The van der Waals surface area contributed by atoms with Crippen molar-refractivity contribution in [3.05, 3.63) is 37.5 Å². The highest BCUT2D eigenvalue weighted by atomic mass is 16.6. The summed E-state index contributed by atoms with van der Waals surface area (Å²) in [7, 11) is 0. The second-order valence-electron chi connectivity index (χ2n) is 4.63. The van der Waals surface area contributed by atoms with E-state index in [1.54, 1.807) is 0 Å². The van der Waals surface area contributed by atoms with Crippen LogP contribution in [0, 0.1) is 11.8 Å². The van der Waals surface area contributed by atoms with Gasteiger partial charge in [0.15, 0.2) is 0 Å². The van der Waals surface area contributed by atoms with Gasteiger partial charge in [-0.15, -0.1) is 13.2 Å². The molecular weight excluding hydrogens is 256 g/mol. The van der Waals surface area contributed by atoms with E-state index < -0.39 is 11.9 Å². The molecule has 0 atom stereocenters. The third kappa shape index (κ3) is 8.29. The van der Waals surface area contributed by atoms with Crippen molar-refractivity contribution in [2.45, 2.75) is 27.7 Å². The molecule has 0 rings (SSSR count). The first-order valence-electron chi connectivity index (χ1n) is 6.49. The van der Waals surface area contributed by atoms with Crippen molar-refractivity contribution in [3.8, 4) is 0 Å². The van der Waals surface area contributed by atoms with Crippen LogP contribution in [0.3, 0.4) is 0 Å². The Balaban J connectivity index is 0. The summed E-state index contributed by atoms with van der Waals surface area (Å²) in [6.07, 6.45) is 0. The normalized spacial score (nSPS) is 9.50. The predicted octanol–water partition coefficient (Wildman–Crippen LogP) is 3.30. The molecule has 0 aliphatic carbocycles. The van der Waals surface area contributed by atoms with Gasteiger partial charge in [-0.25, -0.2) is 9.59 Å². The first kappa shape index (κ1) is 20.5. The minimum atomic E-state index is -0.455. The van der Waals surface area contributed by atoms with Gasteiger partial charge in [0, 0.05) is 11.1 Å². The number of carbonyl (C=O) groups excluding carboxylic acids is 2. The van der Waals surface area contributed by atoms with Crippen molar-refractivity contribution in [1.82, 2.24) is 0 Å². The van der Waals surface area contributed by atoms with Gasteiger partial charge in [-0.05, 0) is 11.8 Å². The SMILES string of the molecule is C=C.C=C(C(=O)OCCOC(=O)C(=C)C(C)C)C(C)C. The number of hydrogen-bond donors (Lipinski definition) is 0. The second-order valence-corrected chi connectivity index (χ2v) is 4.63. The Kier molecular flexibility index (Phi) is 11.3. The standard InChI is InChI=1S/C14H22O4.C2H4/c1-9(2)11(5)13(15)17-7-8-18-14(16)12(6)10(3)4;1-2/h9-10H,5-8H2,1-4H3;1-2H2. The van der Waals surface area contributed by atoms with Crippen LogP contribution in [0.5, 0.6) is 0 Å². The van der Waals surface area contributed by atoms with Gasteiger partial charge in [0.25, 0.3) is 0 Å². The van der Waals surface area contributed by atoms with E-state index in [9.17, 15) is 9.59 Å². The van der Waals surface area contributed by atoms with Crippen LogP contribution in [-0.4, -0.2) is 25.2 Å². The van der Waals surface area contributed by atoms with Crippen LogP contribution < -0.4 is 0 Å². The van der Waals surface area contributed by atoms with Crippen molar-refractivity contribution in [3.63, 3.8) is 0 Å². The Labute approximate surface area is 122 Å².